The van der Waals surface area contributed by atoms with Gasteiger partial charge in [-0.25, -0.2) is 4.79 Å². The molecule has 1 atom stereocenters. The Morgan fingerprint density at radius 1 is 1.29 bits per heavy atom. The highest BCUT2D eigenvalue weighted by atomic mass is 32.1. The molecular weight excluding hydrogens is 288 g/mol. The van der Waals surface area contributed by atoms with Crippen LogP contribution in [0.4, 0.5) is 0 Å². The van der Waals surface area contributed by atoms with Gasteiger partial charge in [0.25, 0.3) is 0 Å². The first-order valence-electron chi connectivity index (χ1n) is 6.62. The zero-order chi connectivity index (χ0) is 15.2. The Bertz CT molecular complexity index is 557. The molecule has 0 radical (unpaired) electrons. The van der Waals surface area contributed by atoms with Crippen LogP contribution in [0.3, 0.4) is 0 Å². The highest BCUT2D eigenvalue weighted by molar-refractivity contribution is 7.80. The fraction of sp³-hybridized carbons (Fsp3) is 0.333. The SMILES string of the molecule is COCCOC(=O)C1=C(C)NC(=S)N[C@H]1c1ccccc1. The first-order chi connectivity index (χ1) is 10.1. The van der Waals surface area contributed by atoms with Gasteiger partial charge >= 0.3 is 5.97 Å². The summed E-state index contributed by atoms with van der Waals surface area (Å²) in [5.41, 5.74) is 2.19. The largest absolute Gasteiger partial charge is 0.460 e. The molecule has 0 fully saturated rings. The van der Waals surface area contributed by atoms with E-state index < -0.39 is 0 Å². The second kappa shape index (κ2) is 7.19. The normalized spacial score (nSPS) is 18.0. The number of allylic oxidation sites excluding steroid dienone is 1. The van der Waals surface area contributed by atoms with Gasteiger partial charge in [-0.05, 0) is 24.7 Å². The third-order valence-electron chi connectivity index (χ3n) is 3.14. The summed E-state index contributed by atoms with van der Waals surface area (Å²) >= 11 is 5.18. The van der Waals surface area contributed by atoms with E-state index in [1.54, 1.807) is 7.11 Å². The number of carbonyl (C=O) groups excluding carboxylic acids is 1. The summed E-state index contributed by atoms with van der Waals surface area (Å²) in [6.45, 7) is 2.40. The molecule has 5 nitrogen and oxygen atoms in total. The maximum Gasteiger partial charge on any atom is 0.338 e. The first-order valence-corrected chi connectivity index (χ1v) is 7.03. The number of methoxy groups -OCH3 is 1. The minimum atomic E-state index is -0.374. The highest BCUT2D eigenvalue weighted by Gasteiger charge is 2.30. The van der Waals surface area contributed by atoms with Gasteiger partial charge in [0, 0.05) is 12.8 Å². The fourth-order valence-electron chi connectivity index (χ4n) is 2.16. The van der Waals surface area contributed by atoms with Crippen molar-refractivity contribution in [2.24, 2.45) is 0 Å². The molecule has 0 amide bonds. The number of esters is 1. The minimum Gasteiger partial charge on any atom is -0.460 e. The lowest BCUT2D eigenvalue weighted by atomic mass is 9.96. The smallest absolute Gasteiger partial charge is 0.338 e. The van der Waals surface area contributed by atoms with Crippen LogP contribution in [0.2, 0.25) is 0 Å². The number of thiocarbonyl (C=S) groups is 1. The predicted octanol–water partition coefficient (Wildman–Crippen LogP) is 1.67. The van der Waals surface area contributed by atoms with Crippen molar-refractivity contribution in [1.29, 1.82) is 0 Å². The molecule has 0 saturated carbocycles. The van der Waals surface area contributed by atoms with E-state index >= 15 is 0 Å². The lowest BCUT2D eigenvalue weighted by molar-refractivity contribution is -0.140. The molecule has 0 unspecified atom stereocenters. The zero-order valence-electron chi connectivity index (χ0n) is 12.0. The van der Waals surface area contributed by atoms with Gasteiger partial charge in [0.1, 0.15) is 6.61 Å². The standard InChI is InChI=1S/C15H18N2O3S/c1-10-12(14(18)20-9-8-19-2)13(17-15(21)16-10)11-6-4-3-5-7-11/h3-7,13H,8-9H2,1-2H3,(H2,16,17,21)/t13-/m0/s1. The van der Waals surface area contributed by atoms with Crippen LogP contribution < -0.4 is 10.6 Å². The molecule has 1 aromatic carbocycles. The molecule has 0 saturated heterocycles. The molecule has 1 heterocycles. The van der Waals surface area contributed by atoms with Crippen molar-refractivity contribution in [3.8, 4) is 0 Å². The van der Waals surface area contributed by atoms with Gasteiger partial charge < -0.3 is 20.1 Å². The van der Waals surface area contributed by atoms with Crippen LogP contribution in [-0.4, -0.2) is 31.4 Å². The second-order valence-electron chi connectivity index (χ2n) is 4.61. The van der Waals surface area contributed by atoms with Crippen LogP contribution in [-0.2, 0) is 14.3 Å². The third-order valence-corrected chi connectivity index (χ3v) is 3.36. The van der Waals surface area contributed by atoms with E-state index in [1.165, 1.54) is 0 Å². The number of nitrogens with one attached hydrogen (secondary N) is 2. The lowest BCUT2D eigenvalue weighted by Crippen LogP contribution is -2.45. The average molecular weight is 306 g/mol. The highest BCUT2D eigenvalue weighted by Crippen LogP contribution is 2.27. The van der Waals surface area contributed by atoms with Crippen molar-refractivity contribution < 1.29 is 14.3 Å². The van der Waals surface area contributed by atoms with Crippen LogP contribution in [0.25, 0.3) is 0 Å². The summed E-state index contributed by atoms with van der Waals surface area (Å²) < 4.78 is 10.1. The van der Waals surface area contributed by atoms with Crippen LogP contribution >= 0.6 is 12.2 Å². The molecule has 1 aliphatic rings. The molecule has 1 aliphatic heterocycles. The van der Waals surface area contributed by atoms with Gasteiger partial charge in [0.2, 0.25) is 0 Å². The van der Waals surface area contributed by atoms with Gasteiger partial charge in [-0.15, -0.1) is 0 Å². The summed E-state index contributed by atoms with van der Waals surface area (Å²) in [5.74, 6) is -0.374. The summed E-state index contributed by atoms with van der Waals surface area (Å²) in [7, 11) is 1.56. The third kappa shape index (κ3) is 3.80. The number of hydrogen-bond acceptors (Lipinski definition) is 4. The summed E-state index contributed by atoms with van der Waals surface area (Å²) in [6, 6.07) is 9.35. The number of carbonyl (C=O) groups is 1. The van der Waals surface area contributed by atoms with Crippen molar-refractivity contribution in [1.82, 2.24) is 10.6 Å². The molecule has 0 bridgehead atoms. The molecule has 0 spiro atoms. The summed E-state index contributed by atoms with van der Waals surface area (Å²) in [6.07, 6.45) is 0. The van der Waals surface area contributed by atoms with Gasteiger partial charge in [-0.1, -0.05) is 30.3 Å². The maximum absolute atomic E-state index is 12.3. The minimum absolute atomic E-state index is 0.220. The average Bonchev–Trinajstić information content (AvgIpc) is 2.47. The number of benzene rings is 1. The van der Waals surface area contributed by atoms with Crippen molar-refractivity contribution in [2.45, 2.75) is 13.0 Å². The van der Waals surface area contributed by atoms with Crippen LogP contribution in [0.15, 0.2) is 41.6 Å². The van der Waals surface area contributed by atoms with Crippen molar-refractivity contribution in [2.75, 3.05) is 20.3 Å². The molecule has 2 rings (SSSR count). The molecule has 2 N–H and O–H groups in total. The van der Waals surface area contributed by atoms with Gasteiger partial charge in [-0.3, -0.25) is 0 Å². The van der Waals surface area contributed by atoms with E-state index in [0.29, 0.717) is 23.0 Å². The van der Waals surface area contributed by atoms with Crippen LogP contribution in [0, 0.1) is 0 Å². The van der Waals surface area contributed by atoms with E-state index in [0.717, 1.165) is 5.56 Å². The quantitative estimate of drug-likeness (QED) is 0.490. The monoisotopic (exact) mass is 306 g/mol. The van der Waals surface area contributed by atoms with Gasteiger partial charge in [-0.2, -0.15) is 0 Å². The maximum atomic E-state index is 12.3. The van der Waals surface area contributed by atoms with Crippen molar-refractivity contribution in [3.05, 3.63) is 47.2 Å². The Morgan fingerprint density at radius 3 is 2.67 bits per heavy atom. The topological polar surface area (TPSA) is 59.6 Å². The Hall–Kier alpha value is -1.92. The Balaban J connectivity index is 2.26. The number of ether oxygens (including phenoxy) is 2. The molecular formula is C15H18N2O3S. The van der Waals surface area contributed by atoms with E-state index in [2.05, 4.69) is 10.6 Å². The Labute approximate surface area is 129 Å². The van der Waals surface area contributed by atoms with E-state index in [9.17, 15) is 4.79 Å². The van der Waals surface area contributed by atoms with Crippen molar-refractivity contribution >= 4 is 23.3 Å². The Morgan fingerprint density at radius 2 is 2.00 bits per heavy atom. The van der Waals surface area contributed by atoms with E-state index in [-0.39, 0.29) is 18.6 Å². The summed E-state index contributed by atoms with van der Waals surface area (Å²) in [4.78, 5) is 12.3. The van der Waals surface area contributed by atoms with Crippen molar-refractivity contribution in [3.63, 3.8) is 0 Å². The molecule has 1 aromatic rings. The van der Waals surface area contributed by atoms with Gasteiger partial charge in [0.05, 0.1) is 18.2 Å². The summed E-state index contributed by atoms with van der Waals surface area (Å²) in [5, 5.41) is 6.58. The van der Waals surface area contributed by atoms with Crippen LogP contribution in [0.5, 0.6) is 0 Å². The molecule has 112 valence electrons. The second-order valence-corrected chi connectivity index (χ2v) is 5.02. The molecule has 0 aliphatic carbocycles. The zero-order valence-corrected chi connectivity index (χ0v) is 12.8. The molecule has 0 aromatic heterocycles. The lowest BCUT2D eigenvalue weighted by Gasteiger charge is -2.29. The van der Waals surface area contributed by atoms with E-state index in [4.69, 9.17) is 21.7 Å². The fourth-order valence-corrected chi connectivity index (χ4v) is 2.43. The number of hydrogen-bond donors (Lipinski definition) is 2. The Kier molecular flexibility index (Phi) is 5.30. The molecule has 6 heteroatoms. The van der Waals surface area contributed by atoms with Crippen LogP contribution in [0.1, 0.15) is 18.5 Å². The van der Waals surface area contributed by atoms with Gasteiger partial charge in [0.15, 0.2) is 5.11 Å². The number of rotatable bonds is 5. The van der Waals surface area contributed by atoms with E-state index in [1.807, 2.05) is 37.3 Å². The first kappa shape index (κ1) is 15.5. The molecule has 21 heavy (non-hydrogen) atoms. The predicted molar refractivity (Wildman–Crippen MR) is 83.6 cm³/mol.